The molecule has 1 heterocycles. The monoisotopic (exact) mass is 283 g/mol. The first kappa shape index (κ1) is 12.1. The van der Waals surface area contributed by atoms with E-state index in [0.29, 0.717) is 0 Å². The third kappa shape index (κ3) is 2.17. The van der Waals surface area contributed by atoms with Crippen LogP contribution in [0.5, 0.6) is 0 Å². The van der Waals surface area contributed by atoms with Gasteiger partial charge in [0.05, 0.1) is 6.10 Å². The molecule has 2 N–H and O–H groups in total. The Morgan fingerprint density at radius 1 is 1.25 bits per heavy atom. The SMILES string of the molecule is CC(O)C1(c2ccc(Br)cc2)CCNCC1. The molecule has 2 rings (SSSR count). The topological polar surface area (TPSA) is 32.3 Å². The lowest BCUT2D eigenvalue weighted by molar-refractivity contribution is 0.0732. The Labute approximate surface area is 105 Å². The highest BCUT2D eigenvalue weighted by Crippen LogP contribution is 2.37. The smallest absolute Gasteiger partial charge is 0.0609 e. The van der Waals surface area contributed by atoms with Crippen molar-refractivity contribution < 1.29 is 5.11 Å². The number of aliphatic hydroxyl groups is 1. The zero-order valence-corrected chi connectivity index (χ0v) is 11.1. The lowest BCUT2D eigenvalue weighted by Gasteiger charge is -2.40. The maximum atomic E-state index is 10.1. The van der Waals surface area contributed by atoms with Gasteiger partial charge in [0, 0.05) is 9.89 Å². The molecule has 2 nitrogen and oxygen atoms in total. The van der Waals surface area contributed by atoms with Gasteiger partial charge in [-0.2, -0.15) is 0 Å². The number of hydrogen-bond acceptors (Lipinski definition) is 2. The normalized spacial score (nSPS) is 21.7. The van der Waals surface area contributed by atoms with E-state index in [0.717, 1.165) is 30.4 Å². The number of rotatable bonds is 2. The summed E-state index contributed by atoms with van der Waals surface area (Å²) < 4.78 is 1.09. The summed E-state index contributed by atoms with van der Waals surface area (Å²) in [6.07, 6.45) is 1.72. The molecule has 1 unspecified atom stereocenters. The summed E-state index contributed by atoms with van der Waals surface area (Å²) in [5.74, 6) is 0. The maximum absolute atomic E-state index is 10.1. The van der Waals surface area contributed by atoms with Gasteiger partial charge in [-0.1, -0.05) is 28.1 Å². The van der Waals surface area contributed by atoms with Gasteiger partial charge in [0.25, 0.3) is 0 Å². The van der Waals surface area contributed by atoms with E-state index in [-0.39, 0.29) is 11.5 Å². The van der Waals surface area contributed by atoms with Crippen molar-refractivity contribution in [2.24, 2.45) is 0 Å². The lowest BCUT2D eigenvalue weighted by atomic mass is 9.69. The van der Waals surface area contributed by atoms with Crippen molar-refractivity contribution in [1.82, 2.24) is 5.32 Å². The van der Waals surface area contributed by atoms with Crippen molar-refractivity contribution in [3.05, 3.63) is 34.3 Å². The number of halogens is 1. The van der Waals surface area contributed by atoms with Crippen LogP contribution in [0.25, 0.3) is 0 Å². The molecule has 0 aliphatic carbocycles. The van der Waals surface area contributed by atoms with Gasteiger partial charge in [0.15, 0.2) is 0 Å². The van der Waals surface area contributed by atoms with E-state index in [1.54, 1.807) is 0 Å². The Kier molecular flexibility index (Phi) is 3.67. The van der Waals surface area contributed by atoms with Gasteiger partial charge in [-0.15, -0.1) is 0 Å². The molecule has 0 saturated carbocycles. The molecule has 0 bridgehead atoms. The molecule has 16 heavy (non-hydrogen) atoms. The summed E-state index contributed by atoms with van der Waals surface area (Å²) in [5.41, 5.74) is 1.19. The molecule has 1 saturated heterocycles. The van der Waals surface area contributed by atoms with Crippen LogP contribution in [0.2, 0.25) is 0 Å². The van der Waals surface area contributed by atoms with E-state index in [4.69, 9.17) is 0 Å². The predicted molar refractivity (Wildman–Crippen MR) is 69.6 cm³/mol. The molecule has 1 aliphatic heterocycles. The van der Waals surface area contributed by atoms with Crippen LogP contribution in [0.15, 0.2) is 28.7 Å². The number of benzene rings is 1. The molecule has 3 heteroatoms. The second-order valence-corrected chi connectivity index (χ2v) is 5.50. The second-order valence-electron chi connectivity index (χ2n) is 4.59. The average Bonchev–Trinajstić information content (AvgIpc) is 2.30. The van der Waals surface area contributed by atoms with Gasteiger partial charge in [0.2, 0.25) is 0 Å². The van der Waals surface area contributed by atoms with Gasteiger partial charge in [-0.25, -0.2) is 0 Å². The predicted octanol–water partition coefficient (Wildman–Crippen LogP) is 2.45. The Morgan fingerprint density at radius 3 is 2.31 bits per heavy atom. The van der Waals surface area contributed by atoms with Crippen LogP contribution >= 0.6 is 15.9 Å². The molecule has 1 aliphatic rings. The molecule has 88 valence electrons. The maximum Gasteiger partial charge on any atom is 0.0609 e. The van der Waals surface area contributed by atoms with Crippen molar-refractivity contribution >= 4 is 15.9 Å². The van der Waals surface area contributed by atoms with Crippen LogP contribution in [0.3, 0.4) is 0 Å². The van der Waals surface area contributed by atoms with Crippen LogP contribution in [0, 0.1) is 0 Å². The fourth-order valence-electron chi connectivity index (χ4n) is 2.60. The Hall–Kier alpha value is -0.380. The van der Waals surface area contributed by atoms with Crippen molar-refractivity contribution in [3.63, 3.8) is 0 Å². The second kappa shape index (κ2) is 4.86. The molecule has 0 spiro atoms. The Bertz CT molecular complexity index is 341. The van der Waals surface area contributed by atoms with Gasteiger partial charge in [0.1, 0.15) is 0 Å². The largest absolute Gasteiger partial charge is 0.392 e. The minimum Gasteiger partial charge on any atom is -0.392 e. The average molecular weight is 284 g/mol. The van der Waals surface area contributed by atoms with E-state index >= 15 is 0 Å². The van der Waals surface area contributed by atoms with Gasteiger partial charge in [-0.3, -0.25) is 0 Å². The highest BCUT2D eigenvalue weighted by molar-refractivity contribution is 9.10. The molecule has 1 aromatic rings. The fourth-order valence-corrected chi connectivity index (χ4v) is 2.87. The van der Waals surface area contributed by atoms with Crippen LogP contribution in [0.1, 0.15) is 25.3 Å². The van der Waals surface area contributed by atoms with Crippen LogP contribution < -0.4 is 5.32 Å². The first-order valence-electron chi connectivity index (χ1n) is 5.80. The standard InChI is InChI=1S/C13H18BrNO/c1-10(16)13(6-8-15-9-7-13)11-2-4-12(14)5-3-11/h2-5,10,15-16H,6-9H2,1H3. The summed E-state index contributed by atoms with van der Waals surface area (Å²) >= 11 is 3.45. The van der Waals surface area contributed by atoms with E-state index < -0.39 is 0 Å². The van der Waals surface area contributed by atoms with Crippen molar-refractivity contribution in [2.75, 3.05) is 13.1 Å². The molecular formula is C13H18BrNO. The zero-order chi connectivity index (χ0) is 11.6. The Balaban J connectivity index is 2.34. The lowest BCUT2D eigenvalue weighted by Crippen LogP contribution is -2.46. The van der Waals surface area contributed by atoms with Crippen LogP contribution in [0.4, 0.5) is 0 Å². The summed E-state index contributed by atoms with van der Waals surface area (Å²) in [5, 5.41) is 13.5. The Morgan fingerprint density at radius 2 is 1.81 bits per heavy atom. The number of nitrogens with one attached hydrogen (secondary N) is 1. The molecule has 1 atom stereocenters. The van der Waals surface area contributed by atoms with Crippen LogP contribution in [-0.2, 0) is 5.41 Å². The number of hydrogen-bond donors (Lipinski definition) is 2. The quantitative estimate of drug-likeness (QED) is 0.874. The molecular weight excluding hydrogens is 266 g/mol. The summed E-state index contributed by atoms with van der Waals surface area (Å²) in [4.78, 5) is 0. The third-order valence-electron chi connectivity index (χ3n) is 3.71. The molecule has 0 radical (unpaired) electrons. The number of piperidine rings is 1. The highest BCUT2D eigenvalue weighted by Gasteiger charge is 2.38. The molecule has 0 amide bonds. The van der Waals surface area contributed by atoms with Gasteiger partial charge in [-0.05, 0) is 50.6 Å². The van der Waals surface area contributed by atoms with E-state index in [1.165, 1.54) is 5.56 Å². The first-order valence-corrected chi connectivity index (χ1v) is 6.59. The van der Waals surface area contributed by atoms with E-state index in [9.17, 15) is 5.11 Å². The highest BCUT2D eigenvalue weighted by atomic mass is 79.9. The minimum absolute atomic E-state index is 0.0635. The summed E-state index contributed by atoms with van der Waals surface area (Å²) in [6.45, 7) is 3.88. The van der Waals surface area contributed by atoms with Crippen molar-refractivity contribution in [1.29, 1.82) is 0 Å². The first-order chi connectivity index (χ1) is 7.65. The van der Waals surface area contributed by atoms with E-state index in [1.807, 2.05) is 6.92 Å². The van der Waals surface area contributed by atoms with E-state index in [2.05, 4.69) is 45.5 Å². The zero-order valence-electron chi connectivity index (χ0n) is 9.54. The van der Waals surface area contributed by atoms with Gasteiger partial charge < -0.3 is 10.4 Å². The molecule has 1 fully saturated rings. The summed E-state index contributed by atoms with van der Waals surface area (Å²) in [6, 6.07) is 8.37. The van der Waals surface area contributed by atoms with Crippen LogP contribution in [-0.4, -0.2) is 24.3 Å². The van der Waals surface area contributed by atoms with Gasteiger partial charge >= 0.3 is 0 Å². The fraction of sp³-hybridized carbons (Fsp3) is 0.538. The third-order valence-corrected chi connectivity index (χ3v) is 4.24. The number of aliphatic hydroxyl groups excluding tert-OH is 1. The molecule has 0 aromatic heterocycles. The van der Waals surface area contributed by atoms with Crippen molar-refractivity contribution in [3.8, 4) is 0 Å². The molecule has 1 aromatic carbocycles. The summed E-state index contributed by atoms with van der Waals surface area (Å²) in [7, 11) is 0. The minimum atomic E-state index is -0.296. The van der Waals surface area contributed by atoms with Crippen molar-refractivity contribution in [2.45, 2.75) is 31.3 Å².